The summed E-state index contributed by atoms with van der Waals surface area (Å²) in [5.74, 6) is 0. The standard InChI is InChI=1S/C14H14N2O2/c17-14(18)16-13-8-4-7-12(9-13)15-10-11-5-2-1-3-6-11/h1-9,15-16H,10H2,(H,17,18). The van der Waals surface area contributed by atoms with E-state index in [0.717, 1.165) is 5.69 Å². The second kappa shape index (κ2) is 5.72. The lowest BCUT2D eigenvalue weighted by molar-refractivity contribution is 0.210. The Bertz CT molecular complexity index is 526. The summed E-state index contributed by atoms with van der Waals surface area (Å²) in [6.45, 7) is 0.706. The molecule has 0 aromatic heterocycles. The fourth-order valence-electron chi connectivity index (χ4n) is 1.63. The molecular formula is C14H14N2O2. The maximum atomic E-state index is 10.5. The molecule has 0 heterocycles. The van der Waals surface area contributed by atoms with E-state index in [4.69, 9.17) is 5.11 Å². The third-order valence-corrected chi connectivity index (χ3v) is 2.45. The number of benzene rings is 2. The summed E-state index contributed by atoms with van der Waals surface area (Å²) in [7, 11) is 0. The molecule has 0 bridgehead atoms. The van der Waals surface area contributed by atoms with Crippen molar-refractivity contribution in [2.24, 2.45) is 0 Å². The van der Waals surface area contributed by atoms with Crippen LogP contribution in [0.1, 0.15) is 5.56 Å². The molecule has 0 aliphatic rings. The molecule has 0 fully saturated rings. The summed E-state index contributed by atoms with van der Waals surface area (Å²) < 4.78 is 0. The number of carboxylic acid groups (broad SMARTS) is 1. The van der Waals surface area contributed by atoms with Crippen LogP contribution in [0.15, 0.2) is 54.6 Å². The van der Waals surface area contributed by atoms with Crippen molar-refractivity contribution >= 4 is 17.5 Å². The van der Waals surface area contributed by atoms with Crippen molar-refractivity contribution in [2.45, 2.75) is 6.54 Å². The van der Waals surface area contributed by atoms with Crippen molar-refractivity contribution in [2.75, 3.05) is 10.6 Å². The van der Waals surface area contributed by atoms with Gasteiger partial charge in [0.2, 0.25) is 0 Å². The van der Waals surface area contributed by atoms with E-state index in [-0.39, 0.29) is 0 Å². The van der Waals surface area contributed by atoms with Crippen molar-refractivity contribution in [3.8, 4) is 0 Å². The van der Waals surface area contributed by atoms with Crippen molar-refractivity contribution in [3.05, 3.63) is 60.2 Å². The first-order valence-electron chi connectivity index (χ1n) is 5.62. The summed E-state index contributed by atoms with van der Waals surface area (Å²) in [4.78, 5) is 10.5. The Kier molecular flexibility index (Phi) is 3.81. The molecule has 2 aromatic rings. The molecule has 92 valence electrons. The monoisotopic (exact) mass is 242 g/mol. The number of nitrogens with one attached hydrogen (secondary N) is 2. The first-order chi connectivity index (χ1) is 8.74. The molecule has 2 aromatic carbocycles. The minimum Gasteiger partial charge on any atom is -0.465 e. The Balaban J connectivity index is 1.99. The number of anilines is 2. The van der Waals surface area contributed by atoms with Gasteiger partial charge in [0.15, 0.2) is 0 Å². The minimum absolute atomic E-state index is 0.556. The zero-order valence-corrected chi connectivity index (χ0v) is 9.76. The van der Waals surface area contributed by atoms with Gasteiger partial charge in [0.05, 0.1) is 0 Å². The van der Waals surface area contributed by atoms with Crippen LogP contribution < -0.4 is 10.6 Å². The second-order valence-electron chi connectivity index (χ2n) is 3.85. The van der Waals surface area contributed by atoms with Gasteiger partial charge >= 0.3 is 6.09 Å². The minimum atomic E-state index is -1.06. The van der Waals surface area contributed by atoms with Crippen LogP contribution in [0.4, 0.5) is 16.2 Å². The highest BCUT2D eigenvalue weighted by Crippen LogP contribution is 2.15. The predicted octanol–water partition coefficient (Wildman–Crippen LogP) is 3.39. The fourth-order valence-corrected chi connectivity index (χ4v) is 1.63. The van der Waals surface area contributed by atoms with E-state index in [2.05, 4.69) is 10.6 Å². The smallest absolute Gasteiger partial charge is 0.409 e. The molecule has 0 aliphatic carbocycles. The van der Waals surface area contributed by atoms with Crippen LogP contribution in [0.5, 0.6) is 0 Å². The van der Waals surface area contributed by atoms with E-state index in [0.29, 0.717) is 12.2 Å². The van der Waals surface area contributed by atoms with Gasteiger partial charge in [0.25, 0.3) is 0 Å². The first kappa shape index (κ1) is 12.0. The van der Waals surface area contributed by atoms with E-state index in [1.54, 1.807) is 18.2 Å². The maximum absolute atomic E-state index is 10.5. The summed E-state index contributed by atoms with van der Waals surface area (Å²) in [5, 5.41) is 14.2. The zero-order valence-electron chi connectivity index (χ0n) is 9.76. The van der Waals surface area contributed by atoms with Gasteiger partial charge in [0, 0.05) is 17.9 Å². The van der Waals surface area contributed by atoms with Gasteiger partial charge in [-0.25, -0.2) is 4.79 Å². The average Bonchev–Trinajstić information content (AvgIpc) is 2.37. The lowest BCUT2D eigenvalue weighted by Crippen LogP contribution is -2.07. The molecule has 4 nitrogen and oxygen atoms in total. The highest BCUT2D eigenvalue weighted by Gasteiger charge is 1.99. The van der Waals surface area contributed by atoms with Crippen molar-refractivity contribution in [1.82, 2.24) is 0 Å². The van der Waals surface area contributed by atoms with Gasteiger partial charge in [-0.15, -0.1) is 0 Å². The van der Waals surface area contributed by atoms with E-state index >= 15 is 0 Å². The zero-order chi connectivity index (χ0) is 12.8. The Morgan fingerprint density at radius 1 is 1.00 bits per heavy atom. The van der Waals surface area contributed by atoms with Gasteiger partial charge in [-0.3, -0.25) is 5.32 Å². The highest BCUT2D eigenvalue weighted by molar-refractivity contribution is 5.83. The van der Waals surface area contributed by atoms with Crippen LogP contribution in [0.2, 0.25) is 0 Å². The molecule has 0 saturated heterocycles. The Morgan fingerprint density at radius 3 is 2.44 bits per heavy atom. The first-order valence-corrected chi connectivity index (χ1v) is 5.62. The number of rotatable bonds is 4. The lowest BCUT2D eigenvalue weighted by Gasteiger charge is -2.08. The van der Waals surface area contributed by atoms with Crippen molar-refractivity contribution in [3.63, 3.8) is 0 Å². The predicted molar refractivity (Wildman–Crippen MR) is 71.9 cm³/mol. The average molecular weight is 242 g/mol. The molecule has 1 amide bonds. The quantitative estimate of drug-likeness (QED) is 0.770. The maximum Gasteiger partial charge on any atom is 0.409 e. The molecule has 2 rings (SSSR count). The molecule has 18 heavy (non-hydrogen) atoms. The van der Waals surface area contributed by atoms with E-state index in [1.807, 2.05) is 36.4 Å². The molecule has 0 radical (unpaired) electrons. The van der Waals surface area contributed by atoms with E-state index in [1.165, 1.54) is 5.56 Å². The number of hydrogen-bond donors (Lipinski definition) is 3. The van der Waals surface area contributed by atoms with E-state index < -0.39 is 6.09 Å². The Morgan fingerprint density at radius 2 is 1.72 bits per heavy atom. The summed E-state index contributed by atoms with van der Waals surface area (Å²) in [5.41, 5.74) is 2.61. The van der Waals surface area contributed by atoms with Crippen LogP contribution in [0.25, 0.3) is 0 Å². The molecule has 0 aliphatic heterocycles. The summed E-state index contributed by atoms with van der Waals surface area (Å²) >= 11 is 0. The molecule has 0 atom stereocenters. The third kappa shape index (κ3) is 3.52. The molecular weight excluding hydrogens is 228 g/mol. The lowest BCUT2D eigenvalue weighted by atomic mass is 10.2. The number of carbonyl (C=O) groups is 1. The molecule has 0 spiro atoms. The van der Waals surface area contributed by atoms with Crippen LogP contribution in [-0.2, 0) is 6.54 Å². The topological polar surface area (TPSA) is 61.4 Å². The third-order valence-electron chi connectivity index (χ3n) is 2.45. The Labute approximate surface area is 105 Å². The van der Waals surface area contributed by atoms with Gasteiger partial charge in [-0.2, -0.15) is 0 Å². The van der Waals surface area contributed by atoms with Gasteiger partial charge in [0.1, 0.15) is 0 Å². The molecule has 0 saturated carbocycles. The van der Waals surface area contributed by atoms with E-state index in [9.17, 15) is 4.79 Å². The van der Waals surface area contributed by atoms with Gasteiger partial charge in [-0.1, -0.05) is 36.4 Å². The van der Waals surface area contributed by atoms with Crippen LogP contribution >= 0.6 is 0 Å². The Hall–Kier alpha value is -2.49. The van der Waals surface area contributed by atoms with Gasteiger partial charge < -0.3 is 10.4 Å². The van der Waals surface area contributed by atoms with Crippen molar-refractivity contribution < 1.29 is 9.90 Å². The molecule has 3 N–H and O–H groups in total. The SMILES string of the molecule is O=C(O)Nc1cccc(NCc2ccccc2)c1. The second-order valence-corrected chi connectivity index (χ2v) is 3.85. The largest absolute Gasteiger partial charge is 0.465 e. The summed E-state index contributed by atoms with van der Waals surface area (Å²) in [6, 6.07) is 17.2. The molecule has 4 heteroatoms. The van der Waals surface area contributed by atoms with Gasteiger partial charge in [-0.05, 0) is 23.8 Å². The van der Waals surface area contributed by atoms with Crippen LogP contribution in [-0.4, -0.2) is 11.2 Å². The number of amides is 1. The summed E-state index contributed by atoms with van der Waals surface area (Å²) in [6.07, 6.45) is -1.06. The normalized spacial score (nSPS) is 9.78. The van der Waals surface area contributed by atoms with Crippen LogP contribution in [0.3, 0.4) is 0 Å². The number of hydrogen-bond acceptors (Lipinski definition) is 2. The van der Waals surface area contributed by atoms with Crippen LogP contribution in [0, 0.1) is 0 Å². The molecule has 0 unspecified atom stereocenters. The fraction of sp³-hybridized carbons (Fsp3) is 0.0714. The van der Waals surface area contributed by atoms with Crippen molar-refractivity contribution in [1.29, 1.82) is 0 Å². The highest BCUT2D eigenvalue weighted by atomic mass is 16.4.